The molecule has 0 spiro atoms. The Balaban J connectivity index is 2.12. The average Bonchev–Trinajstić information content (AvgIpc) is 2.52. The van der Waals surface area contributed by atoms with Crippen molar-refractivity contribution in [3.8, 4) is 0 Å². The van der Waals surface area contributed by atoms with Crippen molar-refractivity contribution < 1.29 is 9.53 Å². The van der Waals surface area contributed by atoms with E-state index in [9.17, 15) is 4.79 Å². The molecule has 2 rings (SSSR count). The number of rotatable bonds is 0. The second-order valence-electron chi connectivity index (χ2n) is 5.23. The van der Waals surface area contributed by atoms with E-state index < -0.39 is 5.60 Å². The molecule has 7 heteroatoms. The summed E-state index contributed by atoms with van der Waals surface area (Å²) < 4.78 is 7.83. The molecule has 0 aliphatic carbocycles. The molecular weight excluding hydrogens is 366 g/mol. The molecule has 0 atom stereocenters. The highest BCUT2D eigenvalue weighted by Gasteiger charge is 2.29. The van der Waals surface area contributed by atoms with Crippen LogP contribution in [-0.4, -0.2) is 31.9 Å². The third-order valence-corrected chi connectivity index (χ3v) is 4.39. The van der Waals surface area contributed by atoms with Crippen LogP contribution in [0.25, 0.3) is 0 Å². The minimum atomic E-state index is -0.464. The minimum absolute atomic E-state index is 0.276. The highest BCUT2D eigenvalue weighted by molar-refractivity contribution is 9.12. The SMILES string of the molecule is CC(C)(C)OC(=O)N1CCc2nn(Br)c(Br)c2C1. The first-order valence-corrected chi connectivity index (χ1v) is 7.18. The van der Waals surface area contributed by atoms with E-state index >= 15 is 0 Å². The van der Waals surface area contributed by atoms with Crippen molar-refractivity contribution in [2.75, 3.05) is 6.54 Å². The first-order chi connectivity index (χ1) is 8.28. The van der Waals surface area contributed by atoms with Gasteiger partial charge >= 0.3 is 6.09 Å². The normalized spacial score (nSPS) is 15.5. The summed E-state index contributed by atoms with van der Waals surface area (Å²) in [6, 6.07) is 0. The monoisotopic (exact) mass is 379 g/mol. The summed E-state index contributed by atoms with van der Waals surface area (Å²) in [6.07, 6.45) is 0.466. The summed E-state index contributed by atoms with van der Waals surface area (Å²) >= 11 is 6.75. The van der Waals surface area contributed by atoms with Gasteiger partial charge in [-0.15, -0.1) is 0 Å². The molecule has 1 aliphatic rings. The third-order valence-electron chi connectivity index (χ3n) is 2.59. The molecule has 0 aromatic carbocycles. The van der Waals surface area contributed by atoms with Crippen molar-refractivity contribution in [3.05, 3.63) is 15.9 Å². The Labute approximate surface area is 123 Å². The number of fused-ring (bicyclic) bond motifs is 1. The highest BCUT2D eigenvalue weighted by Crippen LogP contribution is 2.28. The molecule has 5 nitrogen and oxygen atoms in total. The van der Waals surface area contributed by atoms with Crippen LogP contribution in [0.3, 0.4) is 0 Å². The standard InChI is InChI=1S/C11H15Br2N3O2/c1-11(2,3)18-10(17)15-5-4-8-7(6-15)9(12)16(13)14-8/h4-6H2,1-3H3. The Morgan fingerprint density at radius 1 is 1.44 bits per heavy atom. The molecule has 1 amide bonds. The van der Waals surface area contributed by atoms with Crippen LogP contribution in [0.15, 0.2) is 4.60 Å². The molecule has 1 aliphatic heterocycles. The van der Waals surface area contributed by atoms with Gasteiger partial charge in [-0.25, -0.2) is 4.79 Å². The maximum Gasteiger partial charge on any atom is 0.410 e. The van der Waals surface area contributed by atoms with Gasteiger partial charge in [-0.3, -0.25) is 0 Å². The smallest absolute Gasteiger partial charge is 0.410 e. The average molecular weight is 381 g/mol. The van der Waals surface area contributed by atoms with Gasteiger partial charge in [-0.1, -0.05) is 0 Å². The van der Waals surface area contributed by atoms with Crippen molar-refractivity contribution in [1.82, 2.24) is 13.7 Å². The van der Waals surface area contributed by atoms with Gasteiger partial charge in [0, 0.05) is 18.5 Å². The number of hydrogen-bond donors (Lipinski definition) is 0. The molecule has 2 heterocycles. The van der Waals surface area contributed by atoms with Crippen molar-refractivity contribution >= 4 is 38.2 Å². The van der Waals surface area contributed by atoms with Crippen LogP contribution in [0.2, 0.25) is 0 Å². The minimum Gasteiger partial charge on any atom is -0.444 e. The molecule has 0 radical (unpaired) electrons. The predicted octanol–water partition coefficient (Wildman–Crippen LogP) is 3.10. The molecule has 0 N–H and O–H groups in total. The Morgan fingerprint density at radius 2 is 2.11 bits per heavy atom. The van der Waals surface area contributed by atoms with E-state index in [0.29, 0.717) is 13.1 Å². The number of nitrogens with zero attached hydrogens (tertiary/aromatic N) is 3. The van der Waals surface area contributed by atoms with Crippen molar-refractivity contribution in [1.29, 1.82) is 0 Å². The number of halogens is 2. The van der Waals surface area contributed by atoms with Gasteiger partial charge < -0.3 is 9.64 Å². The van der Waals surface area contributed by atoms with Crippen LogP contribution in [0, 0.1) is 0 Å². The Bertz CT molecular complexity index is 479. The van der Waals surface area contributed by atoms with Crippen molar-refractivity contribution in [2.45, 2.75) is 39.3 Å². The molecule has 1 aromatic heterocycles. The van der Waals surface area contributed by atoms with Crippen LogP contribution < -0.4 is 0 Å². The molecule has 18 heavy (non-hydrogen) atoms. The topological polar surface area (TPSA) is 47.4 Å². The lowest BCUT2D eigenvalue weighted by Crippen LogP contribution is -2.39. The lowest BCUT2D eigenvalue weighted by Gasteiger charge is -2.29. The van der Waals surface area contributed by atoms with Gasteiger partial charge in [0.05, 0.1) is 28.4 Å². The van der Waals surface area contributed by atoms with E-state index in [1.165, 1.54) is 0 Å². The third kappa shape index (κ3) is 2.88. The van der Waals surface area contributed by atoms with Gasteiger partial charge in [-0.05, 0) is 36.7 Å². The molecule has 0 fully saturated rings. The van der Waals surface area contributed by atoms with E-state index in [4.69, 9.17) is 4.74 Å². The summed E-state index contributed by atoms with van der Waals surface area (Å²) in [5.41, 5.74) is 1.58. The fourth-order valence-electron chi connectivity index (χ4n) is 1.79. The molecule has 100 valence electrons. The number of aromatic nitrogens is 2. The van der Waals surface area contributed by atoms with Crippen LogP contribution in [0.4, 0.5) is 4.79 Å². The summed E-state index contributed by atoms with van der Waals surface area (Å²) in [5, 5.41) is 4.33. The van der Waals surface area contributed by atoms with E-state index in [-0.39, 0.29) is 6.09 Å². The fourth-order valence-corrected chi connectivity index (χ4v) is 2.63. The molecule has 0 bridgehead atoms. The Hall–Kier alpha value is -0.560. The van der Waals surface area contributed by atoms with Crippen LogP contribution in [0.5, 0.6) is 0 Å². The zero-order chi connectivity index (χ0) is 13.5. The van der Waals surface area contributed by atoms with Crippen LogP contribution in [0.1, 0.15) is 32.0 Å². The van der Waals surface area contributed by atoms with E-state index in [1.807, 2.05) is 20.8 Å². The first-order valence-electron chi connectivity index (χ1n) is 5.68. The summed E-state index contributed by atoms with van der Waals surface area (Å²) in [5.74, 6) is 0. The number of ether oxygens (including phenoxy) is 1. The Kier molecular flexibility index (Phi) is 3.73. The number of carbonyl (C=O) groups excluding carboxylic acids is 1. The van der Waals surface area contributed by atoms with Crippen molar-refractivity contribution in [3.63, 3.8) is 0 Å². The highest BCUT2D eigenvalue weighted by atomic mass is 79.9. The lowest BCUT2D eigenvalue weighted by molar-refractivity contribution is 0.0223. The zero-order valence-electron chi connectivity index (χ0n) is 10.5. The largest absolute Gasteiger partial charge is 0.444 e. The summed E-state index contributed by atoms with van der Waals surface area (Å²) in [4.78, 5) is 13.7. The maximum absolute atomic E-state index is 12.0. The lowest BCUT2D eigenvalue weighted by atomic mass is 10.1. The number of hydrogen-bond acceptors (Lipinski definition) is 3. The second kappa shape index (κ2) is 4.85. The fraction of sp³-hybridized carbons (Fsp3) is 0.636. The number of amides is 1. The van der Waals surface area contributed by atoms with Gasteiger partial charge in [0.2, 0.25) is 0 Å². The first kappa shape index (κ1) is 13.9. The quantitative estimate of drug-likeness (QED) is 0.694. The van der Waals surface area contributed by atoms with Gasteiger partial charge in [0.15, 0.2) is 0 Å². The van der Waals surface area contributed by atoms with Gasteiger partial charge in [0.1, 0.15) is 10.2 Å². The number of carbonyl (C=O) groups is 1. The molecule has 0 unspecified atom stereocenters. The maximum atomic E-state index is 12.0. The summed E-state index contributed by atoms with van der Waals surface area (Å²) in [7, 11) is 0. The van der Waals surface area contributed by atoms with Crippen LogP contribution >= 0.6 is 32.1 Å². The Morgan fingerprint density at radius 3 is 2.72 bits per heavy atom. The van der Waals surface area contributed by atoms with E-state index in [2.05, 4.69) is 37.2 Å². The summed E-state index contributed by atoms with van der Waals surface area (Å²) in [6.45, 7) is 6.76. The predicted molar refractivity (Wildman–Crippen MR) is 74.6 cm³/mol. The molecule has 0 saturated heterocycles. The van der Waals surface area contributed by atoms with E-state index in [1.54, 1.807) is 8.61 Å². The van der Waals surface area contributed by atoms with Gasteiger partial charge in [-0.2, -0.15) is 8.81 Å². The molecular formula is C11H15Br2N3O2. The van der Waals surface area contributed by atoms with E-state index in [0.717, 1.165) is 22.3 Å². The van der Waals surface area contributed by atoms with Gasteiger partial charge in [0.25, 0.3) is 0 Å². The second-order valence-corrected chi connectivity index (χ2v) is 6.65. The van der Waals surface area contributed by atoms with Crippen molar-refractivity contribution in [2.24, 2.45) is 0 Å². The zero-order valence-corrected chi connectivity index (χ0v) is 13.7. The van der Waals surface area contributed by atoms with Crippen LogP contribution in [-0.2, 0) is 17.7 Å². The molecule has 1 aromatic rings. The molecule has 0 saturated carbocycles.